The molecule has 0 aliphatic rings. The van der Waals surface area contributed by atoms with Crippen LogP contribution in [0.5, 0.6) is 0 Å². The summed E-state index contributed by atoms with van der Waals surface area (Å²) in [6, 6.07) is 59.8. The zero-order valence-corrected chi connectivity index (χ0v) is 28.2. The van der Waals surface area contributed by atoms with E-state index >= 15 is 0 Å². The Labute approximate surface area is 304 Å². The van der Waals surface area contributed by atoms with Gasteiger partial charge >= 0.3 is 0 Å². The van der Waals surface area contributed by atoms with Gasteiger partial charge in [-0.3, -0.25) is 0 Å². The minimum absolute atomic E-state index is 0.566. The van der Waals surface area contributed by atoms with E-state index in [2.05, 4.69) is 137 Å². The number of aromatic nitrogens is 5. The van der Waals surface area contributed by atoms with Crippen LogP contribution in [0.3, 0.4) is 0 Å². The molecule has 3 heterocycles. The second-order valence-corrected chi connectivity index (χ2v) is 13.0. The molecule has 0 aliphatic carbocycles. The van der Waals surface area contributed by atoms with Gasteiger partial charge in [-0.2, -0.15) is 10.5 Å². The average molecular weight is 678 g/mol. The molecule has 0 N–H and O–H groups in total. The maximum absolute atomic E-state index is 9.39. The van der Waals surface area contributed by atoms with Gasteiger partial charge in [0.05, 0.1) is 51.0 Å². The van der Waals surface area contributed by atoms with Crippen LogP contribution in [-0.4, -0.2) is 23.9 Å². The molecule has 7 aromatic carbocycles. The van der Waals surface area contributed by atoms with E-state index in [0.717, 1.165) is 50.0 Å². The fraction of sp³-hybridized carbons (Fsp3) is 0. The number of rotatable bonds is 5. The predicted octanol–water partition coefficient (Wildman–Crippen LogP) is 10.5. The predicted molar refractivity (Wildman–Crippen MR) is 210 cm³/mol. The van der Waals surface area contributed by atoms with E-state index < -0.39 is 0 Å². The SMILES string of the molecule is N#Cc1ccc(-c2nc(-c3ccc4c(c3)c3ccccc3n4-c3cccc(-n4c5ccccc5c5ccccc54)c3)nn2-c2ccc(C#N)cc2)cc1. The molecule has 0 spiro atoms. The van der Waals surface area contributed by atoms with Gasteiger partial charge in [-0.25, -0.2) is 9.67 Å². The molecule has 0 unspecified atom stereocenters. The number of benzene rings is 7. The van der Waals surface area contributed by atoms with Gasteiger partial charge in [-0.1, -0.05) is 60.7 Å². The molecule has 0 radical (unpaired) electrons. The summed E-state index contributed by atoms with van der Waals surface area (Å²) in [4.78, 5) is 5.06. The smallest absolute Gasteiger partial charge is 0.182 e. The summed E-state index contributed by atoms with van der Waals surface area (Å²) >= 11 is 0. The summed E-state index contributed by atoms with van der Waals surface area (Å²) in [6.45, 7) is 0. The second-order valence-electron chi connectivity index (χ2n) is 13.0. The van der Waals surface area contributed by atoms with Crippen LogP contribution < -0.4 is 0 Å². The van der Waals surface area contributed by atoms with Gasteiger partial charge in [-0.15, -0.1) is 5.10 Å². The summed E-state index contributed by atoms with van der Waals surface area (Å²) in [5.41, 5.74) is 10.3. The van der Waals surface area contributed by atoms with Crippen molar-refractivity contribution in [1.82, 2.24) is 23.9 Å². The summed E-state index contributed by atoms with van der Waals surface area (Å²) < 4.78 is 6.48. The molecule has 246 valence electrons. The van der Waals surface area contributed by atoms with E-state index in [9.17, 15) is 10.5 Å². The highest BCUT2D eigenvalue weighted by Crippen LogP contribution is 2.37. The van der Waals surface area contributed by atoms with Crippen molar-refractivity contribution in [1.29, 1.82) is 10.5 Å². The lowest BCUT2D eigenvalue weighted by Gasteiger charge is -2.13. The number of hydrogen-bond acceptors (Lipinski definition) is 4. The van der Waals surface area contributed by atoms with Crippen LogP contribution in [0.1, 0.15) is 11.1 Å². The van der Waals surface area contributed by atoms with Gasteiger partial charge < -0.3 is 9.13 Å². The third-order valence-electron chi connectivity index (χ3n) is 9.98. The maximum Gasteiger partial charge on any atom is 0.182 e. The zero-order valence-electron chi connectivity index (χ0n) is 28.2. The highest BCUT2D eigenvalue weighted by Gasteiger charge is 2.19. The molecule has 10 rings (SSSR count). The van der Waals surface area contributed by atoms with E-state index in [1.165, 1.54) is 21.8 Å². The molecule has 7 heteroatoms. The first kappa shape index (κ1) is 30.1. The second kappa shape index (κ2) is 11.9. The van der Waals surface area contributed by atoms with E-state index in [1.54, 1.807) is 28.9 Å². The molecule has 0 amide bonds. The Bertz CT molecular complexity index is 3000. The fourth-order valence-corrected chi connectivity index (χ4v) is 7.53. The number of nitrogens with zero attached hydrogens (tertiary/aromatic N) is 7. The molecule has 0 aliphatic heterocycles. The molecule has 0 bridgehead atoms. The third kappa shape index (κ3) is 4.80. The Hall–Kier alpha value is -7.74. The van der Waals surface area contributed by atoms with Crippen molar-refractivity contribution in [2.45, 2.75) is 0 Å². The number of para-hydroxylation sites is 3. The summed E-state index contributed by atoms with van der Waals surface area (Å²) in [5.74, 6) is 1.21. The first-order chi connectivity index (χ1) is 26.2. The van der Waals surface area contributed by atoms with Crippen molar-refractivity contribution in [3.63, 3.8) is 0 Å². The van der Waals surface area contributed by atoms with Gasteiger partial charge in [-0.05, 0) is 103 Å². The van der Waals surface area contributed by atoms with Crippen molar-refractivity contribution in [3.8, 4) is 52.0 Å². The first-order valence-electron chi connectivity index (χ1n) is 17.3. The fourth-order valence-electron chi connectivity index (χ4n) is 7.53. The van der Waals surface area contributed by atoms with E-state index in [1.807, 2.05) is 24.3 Å². The van der Waals surface area contributed by atoms with Crippen LogP contribution in [0.2, 0.25) is 0 Å². The largest absolute Gasteiger partial charge is 0.309 e. The van der Waals surface area contributed by atoms with Gasteiger partial charge in [0.25, 0.3) is 0 Å². The van der Waals surface area contributed by atoms with Crippen LogP contribution in [-0.2, 0) is 0 Å². The third-order valence-corrected chi connectivity index (χ3v) is 9.98. The molecule has 0 atom stereocenters. The van der Waals surface area contributed by atoms with Gasteiger partial charge in [0.2, 0.25) is 0 Å². The van der Waals surface area contributed by atoms with E-state index in [0.29, 0.717) is 22.8 Å². The lowest BCUT2D eigenvalue weighted by Crippen LogP contribution is -2.00. The molecular weight excluding hydrogens is 651 g/mol. The molecule has 10 aromatic rings. The summed E-state index contributed by atoms with van der Waals surface area (Å²) in [7, 11) is 0. The van der Waals surface area contributed by atoms with Crippen molar-refractivity contribution in [2.75, 3.05) is 0 Å². The Morgan fingerprint density at radius 2 is 0.906 bits per heavy atom. The van der Waals surface area contributed by atoms with Gasteiger partial charge in [0.15, 0.2) is 11.6 Å². The minimum atomic E-state index is 0.566. The highest BCUT2D eigenvalue weighted by atomic mass is 15.4. The van der Waals surface area contributed by atoms with Gasteiger partial charge in [0.1, 0.15) is 0 Å². The Kier molecular flexibility index (Phi) is 6.79. The van der Waals surface area contributed by atoms with Crippen LogP contribution in [0.4, 0.5) is 0 Å². The molecule has 3 aromatic heterocycles. The zero-order chi connectivity index (χ0) is 35.5. The molecule has 53 heavy (non-hydrogen) atoms. The Morgan fingerprint density at radius 3 is 1.47 bits per heavy atom. The molecule has 0 saturated carbocycles. The Morgan fingerprint density at radius 1 is 0.415 bits per heavy atom. The van der Waals surface area contributed by atoms with Crippen LogP contribution in [0.25, 0.3) is 83.4 Å². The quantitative estimate of drug-likeness (QED) is 0.181. The molecule has 0 saturated heterocycles. The lowest BCUT2D eigenvalue weighted by molar-refractivity contribution is 0.890. The topological polar surface area (TPSA) is 88.2 Å². The first-order valence-corrected chi connectivity index (χ1v) is 17.3. The standard InChI is InChI=1S/C46H27N7/c47-28-30-16-20-32(21-17-30)46-49-45(50-53(46)34-23-18-31(29-48)19-24-34)33-22-25-44-40(26-33)39-12-3-6-15-43(39)52(44)36-9-7-8-35(27-36)51-41-13-4-1-10-37(41)38-11-2-5-14-42(38)51/h1-27H. The molecule has 0 fully saturated rings. The van der Waals surface area contributed by atoms with Crippen molar-refractivity contribution < 1.29 is 0 Å². The van der Waals surface area contributed by atoms with Crippen LogP contribution in [0.15, 0.2) is 164 Å². The molecular formula is C46H27N7. The van der Waals surface area contributed by atoms with Gasteiger partial charge in [0, 0.05) is 44.0 Å². The minimum Gasteiger partial charge on any atom is -0.309 e. The number of nitriles is 2. The Balaban J connectivity index is 1.14. The lowest BCUT2D eigenvalue weighted by atomic mass is 10.1. The van der Waals surface area contributed by atoms with Crippen molar-refractivity contribution in [3.05, 3.63) is 175 Å². The van der Waals surface area contributed by atoms with E-state index in [4.69, 9.17) is 10.1 Å². The molecule has 7 nitrogen and oxygen atoms in total. The number of hydrogen-bond donors (Lipinski definition) is 0. The summed E-state index contributed by atoms with van der Waals surface area (Å²) in [6.07, 6.45) is 0. The van der Waals surface area contributed by atoms with Crippen molar-refractivity contribution >= 4 is 43.6 Å². The monoisotopic (exact) mass is 677 g/mol. The van der Waals surface area contributed by atoms with Crippen molar-refractivity contribution in [2.24, 2.45) is 0 Å². The highest BCUT2D eigenvalue weighted by molar-refractivity contribution is 6.11. The maximum atomic E-state index is 9.39. The normalized spacial score (nSPS) is 11.4. The van der Waals surface area contributed by atoms with Crippen LogP contribution in [0, 0.1) is 22.7 Å². The number of fused-ring (bicyclic) bond motifs is 6. The van der Waals surface area contributed by atoms with E-state index in [-0.39, 0.29) is 0 Å². The average Bonchev–Trinajstić information content (AvgIpc) is 3.92. The van der Waals surface area contributed by atoms with Crippen LogP contribution >= 0.6 is 0 Å². The summed E-state index contributed by atoms with van der Waals surface area (Å²) in [5, 5.41) is 28.5.